The molecule has 0 aromatic carbocycles. The van der Waals surface area contributed by atoms with Gasteiger partial charge in [-0.25, -0.2) is 0 Å². The van der Waals surface area contributed by atoms with E-state index in [9.17, 15) is 0 Å². The molecule has 0 aliphatic heterocycles. The average Bonchev–Trinajstić information content (AvgIpc) is 2.64. The van der Waals surface area contributed by atoms with Gasteiger partial charge in [-0.15, -0.1) is 11.3 Å². The average molecular weight is 354 g/mol. The van der Waals surface area contributed by atoms with E-state index in [1.807, 2.05) is 11.3 Å². The fourth-order valence-electron chi connectivity index (χ4n) is 6.15. The fraction of sp³-hybridized carbons (Fsp3) is 0.765. The summed E-state index contributed by atoms with van der Waals surface area (Å²) >= 11 is 5.64. The summed E-state index contributed by atoms with van der Waals surface area (Å²) in [6.45, 7) is 4.72. The van der Waals surface area contributed by atoms with Crippen molar-refractivity contribution in [2.75, 3.05) is 0 Å². The van der Waals surface area contributed by atoms with Crippen LogP contribution in [0.2, 0.25) is 0 Å². The lowest BCUT2D eigenvalue weighted by molar-refractivity contribution is -0.113. The van der Waals surface area contributed by atoms with Crippen LogP contribution in [0.5, 0.6) is 0 Å². The topological polar surface area (TPSA) is 26.0 Å². The molecule has 4 aliphatic rings. The van der Waals surface area contributed by atoms with Crippen molar-refractivity contribution >= 4 is 27.3 Å². The van der Waals surface area contributed by atoms with Crippen LogP contribution in [-0.2, 0) is 0 Å². The Morgan fingerprint density at radius 2 is 1.95 bits per heavy atom. The molecule has 0 saturated heterocycles. The minimum atomic E-state index is 0.237. The summed E-state index contributed by atoms with van der Waals surface area (Å²) in [7, 11) is 0. The molecule has 2 N–H and O–H groups in total. The molecule has 5 rings (SSSR count). The summed E-state index contributed by atoms with van der Waals surface area (Å²) in [5.41, 5.74) is 7.82. The first-order valence-electron chi connectivity index (χ1n) is 7.91. The monoisotopic (exact) mass is 353 g/mol. The minimum absolute atomic E-state index is 0.237. The molecule has 0 amide bonds. The van der Waals surface area contributed by atoms with Crippen LogP contribution in [0.15, 0.2) is 10.5 Å². The van der Waals surface area contributed by atoms with E-state index < -0.39 is 0 Å². The molecule has 20 heavy (non-hydrogen) atoms. The van der Waals surface area contributed by atoms with Gasteiger partial charge in [0.2, 0.25) is 0 Å². The third kappa shape index (κ3) is 1.96. The van der Waals surface area contributed by atoms with Crippen LogP contribution in [0.4, 0.5) is 0 Å². The molecule has 4 bridgehead atoms. The zero-order valence-corrected chi connectivity index (χ0v) is 14.8. The summed E-state index contributed by atoms with van der Waals surface area (Å²) < 4.78 is 1.24. The molecule has 0 radical (unpaired) electrons. The molecule has 1 aromatic rings. The van der Waals surface area contributed by atoms with Gasteiger partial charge in [0, 0.05) is 20.3 Å². The summed E-state index contributed by atoms with van der Waals surface area (Å²) in [4.78, 5) is 2.77. The largest absolute Gasteiger partial charge is 0.323 e. The van der Waals surface area contributed by atoms with Crippen LogP contribution in [0.3, 0.4) is 0 Å². The third-order valence-corrected chi connectivity index (χ3v) is 8.23. The molecule has 1 nitrogen and oxygen atoms in total. The zero-order chi connectivity index (χ0) is 14.1. The normalized spacial score (nSPS) is 44.0. The van der Waals surface area contributed by atoms with Crippen LogP contribution >= 0.6 is 27.3 Å². The Bertz CT molecular complexity index is 535. The van der Waals surface area contributed by atoms with Gasteiger partial charge in [-0.3, -0.25) is 0 Å². The van der Waals surface area contributed by atoms with Gasteiger partial charge in [0.25, 0.3) is 0 Å². The van der Waals surface area contributed by atoms with Crippen molar-refractivity contribution in [1.29, 1.82) is 0 Å². The van der Waals surface area contributed by atoms with Crippen molar-refractivity contribution in [3.63, 3.8) is 0 Å². The first-order chi connectivity index (χ1) is 9.39. The van der Waals surface area contributed by atoms with Crippen molar-refractivity contribution < 1.29 is 0 Å². The Morgan fingerprint density at radius 1 is 1.30 bits per heavy atom. The number of halogens is 1. The second-order valence-electron chi connectivity index (χ2n) is 8.18. The van der Waals surface area contributed by atoms with E-state index >= 15 is 0 Å². The van der Waals surface area contributed by atoms with Gasteiger partial charge >= 0.3 is 0 Å². The van der Waals surface area contributed by atoms with Crippen LogP contribution in [0.25, 0.3) is 0 Å². The molecule has 3 atom stereocenters. The van der Waals surface area contributed by atoms with Gasteiger partial charge in [-0.1, -0.05) is 6.92 Å². The van der Waals surface area contributed by atoms with Crippen LogP contribution in [0, 0.1) is 29.6 Å². The molecule has 4 aliphatic carbocycles. The highest BCUT2D eigenvalue weighted by atomic mass is 79.9. The van der Waals surface area contributed by atoms with Crippen LogP contribution < -0.4 is 5.73 Å². The van der Waals surface area contributed by atoms with E-state index in [2.05, 4.69) is 35.8 Å². The van der Waals surface area contributed by atoms with Crippen molar-refractivity contribution in [1.82, 2.24) is 0 Å². The maximum Gasteiger partial charge on any atom is 0.0458 e. The van der Waals surface area contributed by atoms with Crippen molar-refractivity contribution in [3.8, 4) is 0 Å². The molecule has 0 spiro atoms. The smallest absolute Gasteiger partial charge is 0.0458 e. The molecular formula is C17H24BrNS. The summed E-state index contributed by atoms with van der Waals surface area (Å²) in [6.07, 6.45) is 8.52. The molecule has 1 aromatic heterocycles. The maximum absolute atomic E-state index is 6.85. The van der Waals surface area contributed by atoms with Crippen molar-refractivity contribution in [2.45, 2.75) is 58.4 Å². The van der Waals surface area contributed by atoms with Crippen molar-refractivity contribution in [2.24, 2.45) is 28.4 Å². The number of hydrogen-bond acceptors (Lipinski definition) is 2. The zero-order valence-electron chi connectivity index (χ0n) is 12.4. The van der Waals surface area contributed by atoms with Gasteiger partial charge in [-0.2, -0.15) is 0 Å². The van der Waals surface area contributed by atoms with Crippen LogP contribution in [-0.4, -0.2) is 0 Å². The lowest BCUT2D eigenvalue weighted by Gasteiger charge is -2.63. The first kappa shape index (κ1) is 13.8. The predicted octanol–water partition coefficient (Wildman–Crippen LogP) is 5.43. The second kappa shape index (κ2) is 4.33. The van der Waals surface area contributed by atoms with Gasteiger partial charge in [0.05, 0.1) is 0 Å². The molecule has 3 unspecified atom stereocenters. The SMILES string of the molecule is Cc1cc(Br)c(C(N)C23CC4CC(CC(C)(C4)C2)C3)s1. The lowest BCUT2D eigenvalue weighted by Crippen LogP contribution is -2.54. The fourth-order valence-corrected chi connectivity index (χ4v) is 8.19. The summed E-state index contributed by atoms with van der Waals surface area (Å²) in [6, 6.07) is 2.48. The Hall–Kier alpha value is 0.140. The van der Waals surface area contributed by atoms with Crippen molar-refractivity contribution in [3.05, 3.63) is 20.3 Å². The number of rotatable bonds is 2. The van der Waals surface area contributed by atoms with E-state index in [1.165, 1.54) is 52.8 Å². The minimum Gasteiger partial charge on any atom is -0.323 e. The third-order valence-electron chi connectivity index (χ3n) is 6.18. The second-order valence-corrected chi connectivity index (χ2v) is 10.3. The number of hydrogen-bond donors (Lipinski definition) is 1. The highest BCUT2D eigenvalue weighted by molar-refractivity contribution is 9.10. The Kier molecular flexibility index (Phi) is 2.98. The number of aryl methyl sites for hydroxylation is 1. The highest BCUT2D eigenvalue weighted by Gasteiger charge is 2.58. The Balaban J connectivity index is 1.72. The standard InChI is InChI=1S/C17H24BrNS/c1-10-3-13(18)14(20-10)15(19)17-7-11-4-12(8-17)6-16(2,5-11)9-17/h3,11-12,15H,4-9,19H2,1-2H3. The van der Waals surface area contributed by atoms with E-state index in [0.717, 1.165) is 11.8 Å². The van der Waals surface area contributed by atoms with Gasteiger partial charge in [0.15, 0.2) is 0 Å². The number of nitrogens with two attached hydrogens (primary N) is 1. The molecule has 1 heterocycles. The van der Waals surface area contributed by atoms with E-state index in [4.69, 9.17) is 5.73 Å². The molecular weight excluding hydrogens is 330 g/mol. The highest BCUT2D eigenvalue weighted by Crippen LogP contribution is 2.68. The molecule has 4 saturated carbocycles. The van der Waals surface area contributed by atoms with Gasteiger partial charge in [0.1, 0.15) is 0 Å². The van der Waals surface area contributed by atoms with Crippen LogP contribution in [0.1, 0.15) is 61.2 Å². The van der Waals surface area contributed by atoms with E-state index in [0.29, 0.717) is 10.8 Å². The predicted molar refractivity (Wildman–Crippen MR) is 88.9 cm³/mol. The maximum atomic E-state index is 6.85. The van der Waals surface area contributed by atoms with E-state index in [-0.39, 0.29) is 6.04 Å². The Morgan fingerprint density at radius 3 is 2.45 bits per heavy atom. The Labute approximate surface area is 134 Å². The van der Waals surface area contributed by atoms with Gasteiger partial charge < -0.3 is 5.73 Å². The summed E-state index contributed by atoms with van der Waals surface area (Å²) in [5.74, 6) is 1.90. The quantitative estimate of drug-likeness (QED) is 0.753. The number of thiophene rings is 1. The first-order valence-corrected chi connectivity index (χ1v) is 9.52. The summed E-state index contributed by atoms with van der Waals surface area (Å²) in [5, 5.41) is 0. The molecule has 3 heteroatoms. The lowest BCUT2D eigenvalue weighted by atomic mass is 9.43. The van der Waals surface area contributed by atoms with E-state index in [1.54, 1.807) is 0 Å². The molecule has 110 valence electrons. The molecule has 4 fully saturated rings. The van der Waals surface area contributed by atoms with Gasteiger partial charge in [-0.05, 0) is 90.1 Å².